The molecular formula is C51H76O20. The highest BCUT2D eigenvalue weighted by atomic mass is 16.7. The van der Waals surface area contributed by atoms with E-state index in [1.165, 1.54) is 0 Å². The smallest absolute Gasteiger partial charge is 0.335 e. The minimum absolute atomic E-state index is 0.0592. The summed E-state index contributed by atoms with van der Waals surface area (Å²) in [7, 11) is 0. The van der Waals surface area contributed by atoms with Gasteiger partial charge in [-0.05, 0) is 102 Å². The molecule has 2 saturated heterocycles. The van der Waals surface area contributed by atoms with Crippen LogP contribution < -0.4 is 0 Å². The number of aliphatic hydroxyl groups excluding tert-OH is 8. The monoisotopic (exact) mass is 1010 g/mol. The van der Waals surface area contributed by atoms with Gasteiger partial charge in [0.15, 0.2) is 24.8 Å². The molecule has 0 radical (unpaired) electrons. The van der Waals surface area contributed by atoms with E-state index in [0.717, 1.165) is 5.57 Å². The van der Waals surface area contributed by atoms with Gasteiger partial charge in [0.25, 0.3) is 0 Å². The average Bonchev–Trinajstić information content (AvgIpc) is 3.31. The number of fused-ring (bicyclic) bond motifs is 7. The summed E-state index contributed by atoms with van der Waals surface area (Å²) in [5, 5.41) is 112. The fourth-order valence-corrected chi connectivity index (χ4v) is 14.6. The highest BCUT2D eigenvalue weighted by Gasteiger charge is 2.77. The van der Waals surface area contributed by atoms with Gasteiger partial charge < -0.3 is 79.5 Å². The lowest BCUT2D eigenvalue weighted by Gasteiger charge is -2.73. The average molecular weight is 1010 g/mol. The van der Waals surface area contributed by atoms with E-state index in [1.54, 1.807) is 46.8 Å². The molecule has 0 spiro atoms. The second-order valence-electron chi connectivity index (χ2n) is 23.0. The van der Waals surface area contributed by atoms with Gasteiger partial charge in [-0.2, -0.15) is 0 Å². The summed E-state index contributed by atoms with van der Waals surface area (Å²) in [6.45, 7) is 16.5. The van der Waals surface area contributed by atoms with Crippen LogP contribution in [0.3, 0.4) is 0 Å². The van der Waals surface area contributed by atoms with Gasteiger partial charge in [0.05, 0.1) is 42.4 Å². The summed E-state index contributed by atoms with van der Waals surface area (Å²) >= 11 is 0. The predicted octanol–water partition coefficient (Wildman–Crippen LogP) is 1.50. The maximum absolute atomic E-state index is 13.9. The number of hydrogen-bond acceptors (Lipinski definition) is 18. The van der Waals surface area contributed by atoms with Crippen molar-refractivity contribution >= 4 is 23.9 Å². The van der Waals surface area contributed by atoms with E-state index in [2.05, 4.69) is 6.92 Å². The van der Waals surface area contributed by atoms with Crippen LogP contribution in [0, 0.1) is 50.2 Å². The summed E-state index contributed by atoms with van der Waals surface area (Å²) < 4.78 is 35.4. The number of ether oxygens (including phenoxy) is 6. The van der Waals surface area contributed by atoms with Crippen LogP contribution in [0.2, 0.25) is 0 Å². The number of carboxylic acid groups (broad SMARTS) is 2. The van der Waals surface area contributed by atoms with E-state index in [-0.39, 0.29) is 30.8 Å². The number of carboxylic acids is 2. The molecule has 71 heavy (non-hydrogen) atoms. The standard InChI is InChI=1S/C51H76O20/c1-11-22(3)41(62)70-38-39(71-42(63)23(4)12-2)51(21-52)25(19-46(38,5)6)24-13-14-27-47(7)17-16-29(49(9,45(64)65)28(47)15-18-48(27,8)50(24,10)36(58)37(51)59)67-44-33(57)34(32(56)35(69-44)40(60)61)68-43-31(55)30(54)26(53)20-66-43/h11-13,25-39,43-44,52-59H,14-21H2,1-10H3,(H,60,61)(H,64,65). The number of allylic oxidation sites excluding steroid dienone is 3. The Balaban J connectivity index is 1.24. The van der Waals surface area contributed by atoms with Gasteiger partial charge in [-0.25, -0.2) is 14.4 Å². The van der Waals surface area contributed by atoms with Crippen LogP contribution >= 0.6 is 0 Å². The topological polar surface area (TPSA) is 326 Å². The molecule has 20 heteroatoms. The van der Waals surface area contributed by atoms with Crippen LogP contribution in [-0.2, 0) is 47.6 Å². The maximum Gasteiger partial charge on any atom is 0.335 e. The Morgan fingerprint density at radius 2 is 1.35 bits per heavy atom. The van der Waals surface area contributed by atoms with Gasteiger partial charge in [0.1, 0.15) is 42.7 Å². The lowest BCUT2D eigenvalue weighted by atomic mass is 9.32. The zero-order valence-electron chi connectivity index (χ0n) is 42.3. The van der Waals surface area contributed by atoms with Crippen molar-refractivity contribution in [2.45, 2.75) is 194 Å². The Labute approximate surface area is 413 Å². The van der Waals surface area contributed by atoms with Crippen molar-refractivity contribution in [2.24, 2.45) is 50.2 Å². The molecule has 5 aliphatic carbocycles. The highest BCUT2D eigenvalue weighted by Crippen LogP contribution is 2.76. The fraction of sp³-hybridized carbons (Fsp3) is 0.804. The van der Waals surface area contributed by atoms with Crippen molar-refractivity contribution in [3.8, 4) is 0 Å². The minimum atomic E-state index is -2.06. The Morgan fingerprint density at radius 1 is 0.746 bits per heavy atom. The lowest BCUT2D eigenvalue weighted by molar-refractivity contribution is -0.357. The molecule has 400 valence electrons. The van der Waals surface area contributed by atoms with Crippen LogP contribution in [0.15, 0.2) is 34.9 Å². The molecule has 22 unspecified atom stereocenters. The minimum Gasteiger partial charge on any atom is -0.481 e. The number of aliphatic carboxylic acids is 2. The van der Waals surface area contributed by atoms with Crippen LogP contribution in [0.5, 0.6) is 0 Å². The number of hydrogen-bond donors (Lipinski definition) is 10. The van der Waals surface area contributed by atoms with Gasteiger partial charge in [0, 0.05) is 22.0 Å². The Morgan fingerprint density at radius 3 is 1.92 bits per heavy atom. The predicted molar refractivity (Wildman–Crippen MR) is 246 cm³/mol. The molecule has 2 aliphatic heterocycles. The third-order valence-corrected chi connectivity index (χ3v) is 19.3. The van der Waals surface area contributed by atoms with E-state index in [0.29, 0.717) is 24.8 Å². The van der Waals surface area contributed by atoms with Crippen molar-refractivity contribution in [1.82, 2.24) is 0 Å². The molecule has 0 aromatic rings. The summed E-state index contributed by atoms with van der Waals surface area (Å²) in [5.74, 6) is -6.00. The van der Waals surface area contributed by atoms with Gasteiger partial charge in [-0.1, -0.05) is 58.4 Å². The first-order valence-electron chi connectivity index (χ1n) is 24.8. The number of carbonyl (C=O) groups excluding carboxylic acids is 2. The van der Waals surface area contributed by atoms with E-state index >= 15 is 0 Å². The molecule has 7 rings (SSSR count). The summed E-state index contributed by atoms with van der Waals surface area (Å²) in [4.78, 5) is 53.5. The summed E-state index contributed by atoms with van der Waals surface area (Å²) in [6, 6.07) is 0. The molecule has 7 aliphatic rings. The molecule has 6 fully saturated rings. The number of rotatable bonds is 11. The molecule has 22 atom stereocenters. The summed E-state index contributed by atoms with van der Waals surface area (Å²) in [6.07, 6.45) is -16.9. The molecule has 20 nitrogen and oxygen atoms in total. The zero-order chi connectivity index (χ0) is 52.9. The molecule has 4 saturated carbocycles. The van der Waals surface area contributed by atoms with E-state index in [4.69, 9.17) is 28.4 Å². The molecule has 0 aromatic heterocycles. The second-order valence-corrected chi connectivity index (χ2v) is 23.0. The first-order valence-corrected chi connectivity index (χ1v) is 24.8. The maximum atomic E-state index is 13.9. The SMILES string of the molecule is CC=C(C)C(=O)OC1C(OC(=O)C(C)=CC)C2(CO)C(CC1(C)C)C1=CCC3C4(C)CCC(OC5OC(C(=O)O)C(O)C(OC6OCC(O)C(O)C6O)C5O)C(C)(C(=O)O)C4CCC3(C)C1(C)C(O)C2O. The molecule has 2 heterocycles. The molecule has 10 N–H and O–H groups in total. The molecule has 0 bridgehead atoms. The third kappa shape index (κ3) is 8.25. The lowest BCUT2D eigenvalue weighted by Crippen LogP contribution is -2.76. The van der Waals surface area contributed by atoms with Gasteiger partial charge in [-0.15, -0.1) is 0 Å². The highest BCUT2D eigenvalue weighted by molar-refractivity contribution is 5.89. The first kappa shape index (κ1) is 55.4. The third-order valence-electron chi connectivity index (χ3n) is 19.3. The van der Waals surface area contributed by atoms with E-state index < -0.39 is 167 Å². The Kier molecular flexibility index (Phi) is 15.1. The first-order chi connectivity index (χ1) is 33.0. The van der Waals surface area contributed by atoms with Crippen LogP contribution in [0.4, 0.5) is 0 Å². The van der Waals surface area contributed by atoms with Crippen LogP contribution in [-0.4, -0.2) is 174 Å². The van der Waals surface area contributed by atoms with Gasteiger partial charge in [0.2, 0.25) is 0 Å². The van der Waals surface area contributed by atoms with E-state index in [9.17, 15) is 70.2 Å². The van der Waals surface area contributed by atoms with Crippen LogP contribution in [0.25, 0.3) is 0 Å². The molecule has 0 aromatic carbocycles. The Bertz CT molecular complexity index is 2170. The quantitative estimate of drug-likeness (QED) is 0.0607. The van der Waals surface area contributed by atoms with Gasteiger partial charge >= 0.3 is 23.9 Å². The molecule has 0 amide bonds. The van der Waals surface area contributed by atoms with Gasteiger partial charge in [-0.3, -0.25) is 4.79 Å². The number of aliphatic hydroxyl groups is 8. The summed E-state index contributed by atoms with van der Waals surface area (Å²) in [5.41, 5.74) is -5.94. The molecular weight excluding hydrogens is 933 g/mol. The second kappa shape index (κ2) is 19.4. The van der Waals surface area contributed by atoms with Crippen LogP contribution in [0.1, 0.15) is 108 Å². The van der Waals surface area contributed by atoms with Crippen molar-refractivity contribution < 1.29 is 98.7 Å². The number of carbonyl (C=O) groups is 4. The van der Waals surface area contributed by atoms with Crippen molar-refractivity contribution in [3.63, 3.8) is 0 Å². The van der Waals surface area contributed by atoms with Crippen molar-refractivity contribution in [2.75, 3.05) is 13.2 Å². The van der Waals surface area contributed by atoms with E-state index in [1.807, 2.05) is 33.8 Å². The number of esters is 2. The Hall–Kier alpha value is -3.38. The zero-order valence-corrected chi connectivity index (χ0v) is 42.3. The van der Waals surface area contributed by atoms with Crippen molar-refractivity contribution in [1.29, 1.82) is 0 Å². The largest absolute Gasteiger partial charge is 0.481 e. The fourth-order valence-electron chi connectivity index (χ4n) is 14.6. The van der Waals surface area contributed by atoms with Crippen molar-refractivity contribution in [3.05, 3.63) is 34.9 Å². The normalized spacial score (nSPS) is 48.6.